The number of hydrogen-bond acceptors (Lipinski definition) is 2. The predicted octanol–water partition coefficient (Wildman–Crippen LogP) is 2.85. The Kier molecular flexibility index (Phi) is 4.91. The maximum absolute atomic E-state index is 12.3. The molecular weight excluding hydrogens is 300 g/mol. The Morgan fingerprint density at radius 3 is 2.67 bits per heavy atom. The minimum Gasteiger partial charge on any atom is -0.370 e. The van der Waals surface area contributed by atoms with Gasteiger partial charge in [0, 0.05) is 23.6 Å². The summed E-state index contributed by atoms with van der Waals surface area (Å²) in [6.07, 6.45) is 3.50. The van der Waals surface area contributed by atoms with Gasteiger partial charge in [0.15, 0.2) is 5.96 Å². The number of nitrogens with two attached hydrogens (primary N) is 1. The normalized spacial score (nSPS) is 11.6. The van der Waals surface area contributed by atoms with Crippen LogP contribution in [0.4, 0.5) is 0 Å². The van der Waals surface area contributed by atoms with Crippen LogP contribution in [0.2, 0.25) is 0 Å². The zero-order valence-electron chi connectivity index (χ0n) is 13.3. The minimum atomic E-state index is -0.253. The lowest BCUT2D eigenvalue weighted by molar-refractivity contribution is 0.0978. The van der Waals surface area contributed by atoms with Gasteiger partial charge in [-0.3, -0.25) is 15.1 Å². The molecule has 0 radical (unpaired) electrons. The van der Waals surface area contributed by atoms with Gasteiger partial charge in [0.05, 0.1) is 5.56 Å². The molecule has 122 valence electrons. The molecule has 2 aromatic carbocycles. The molecule has 3 rings (SSSR count). The number of aromatic nitrogens is 1. The number of rotatable bonds is 5. The molecule has 0 bridgehead atoms. The molecular formula is C19H20N4O. The Labute approximate surface area is 140 Å². The van der Waals surface area contributed by atoms with Crippen LogP contribution < -0.4 is 11.1 Å². The fourth-order valence-electron chi connectivity index (χ4n) is 2.61. The zero-order valence-corrected chi connectivity index (χ0v) is 13.3. The average Bonchev–Trinajstić information content (AvgIpc) is 3.04. The van der Waals surface area contributed by atoms with E-state index in [9.17, 15) is 4.79 Å². The maximum atomic E-state index is 12.3. The second-order valence-corrected chi connectivity index (χ2v) is 5.56. The van der Waals surface area contributed by atoms with Crippen LogP contribution in [0.15, 0.2) is 65.8 Å². The van der Waals surface area contributed by atoms with E-state index in [0.717, 1.165) is 23.7 Å². The number of nitrogens with one attached hydrogen (secondary N) is 2. The molecule has 3 aromatic rings. The number of hydrogen-bond donors (Lipinski definition) is 3. The summed E-state index contributed by atoms with van der Waals surface area (Å²) in [5, 5.41) is 3.51. The van der Waals surface area contributed by atoms with E-state index in [1.54, 1.807) is 6.20 Å². The Bertz CT molecular complexity index is 852. The molecule has 0 aliphatic rings. The van der Waals surface area contributed by atoms with Gasteiger partial charge in [0.1, 0.15) is 0 Å². The van der Waals surface area contributed by atoms with Gasteiger partial charge in [0.2, 0.25) is 0 Å². The number of H-pyrrole nitrogens is 1. The number of guanidine groups is 1. The van der Waals surface area contributed by atoms with Gasteiger partial charge in [-0.15, -0.1) is 0 Å². The summed E-state index contributed by atoms with van der Waals surface area (Å²) < 4.78 is 0. The topological polar surface area (TPSA) is 83.3 Å². The summed E-state index contributed by atoms with van der Waals surface area (Å²) in [5.41, 5.74) is 8.57. The summed E-state index contributed by atoms with van der Waals surface area (Å²) in [5.74, 6) is -0.102. The van der Waals surface area contributed by atoms with Crippen LogP contribution in [0.1, 0.15) is 22.3 Å². The molecule has 5 nitrogen and oxygen atoms in total. The standard InChI is InChI=1S/C19H20N4O/c20-19(21-12-6-9-14-7-2-1-3-8-14)23-18(24)16-13-22-17-11-5-4-10-15(16)17/h1-5,7-8,10-11,13,22H,6,9,12H2,(H3,20,21,23,24). The Hall–Kier alpha value is -3.08. The second kappa shape index (κ2) is 7.46. The molecule has 0 atom stereocenters. The number of aromatic amines is 1. The van der Waals surface area contributed by atoms with Crippen molar-refractivity contribution in [3.63, 3.8) is 0 Å². The van der Waals surface area contributed by atoms with Crippen LogP contribution in [0.5, 0.6) is 0 Å². The van der Waals surface area contributed by atoms with Gasteiger partial charge in [-0.25, -0.2) is 0 Å². The third kappa shape index (κ3) is 3.81. The van der Waals surface area contributed by atoms with Crippen LogP contribution in [-0.4, -0.2) is 23.4 Å². The van der Waals surface area contributed by atoms with Gasteiger partial charge < -0.3 is 10.7 Å². The second-order valence-electron chi connectivity index (χ2n) is 5.56. The summed E-state index contributed by atoms with van der Waals surface area (Å²) in [4.78, 5) is 19.6. The lowest BCUT2D eigenvalue weighted by Gasteiger charge is -2.04. The van der Waals surface area contributed by atoms with Gasteiger partial charge >= 0.3 is 0 Å². The lowest BCUT2D eigenvalue weighted by Crippen LogP contribution is -2.36. The van der Waals surface area contributed by atoms with Crippen molar-refractivity contribution in [2.24, 2.45) is 10.7 Å². The third-order valence-electron chi connectivity index (χ3n) is 3.82. The van der Waals surface area contributed by atoms with Crippen LogP contribution >= 0.6 is 0 Å². The van der Waals surface area contributed by atoms with Crippen molar-refractivity contribution in [3.8, 4) is 0 Å². The minimum absolute atomic E-state index is 0.151. The van der Waals surface area contributed by atoms with Gasteiger partial charge in [-0.1, -0.05) is 48.5 Å². The van der Waals surface area contributed by atoms with Crippen molar-refractivity contribution in [2.75, 3.05) is 6.54 Å². The van der Waals surface area contributed by atoms with Crippen molar-refractivity contribution in [1.82, 2.24) is 10.3 Å². The highest BCUT2D eigenvalue weighted by atomic mass is 16.1. The summed E-state index contributed by atoms with van der Waals surface area (Å²) >= 11 is 0. The molecule has 1 amide bonds. The van der Waals surface area contributed by atoms with Gasteiger partial charge in [0.25, 0.3) is 5.91 Å². The first kappa shape index (κ1) is 15.8. The van der Waals surface area contributed by atoms with Crippen molar-refractivity contribution < 1.29 is 4.79 Å². The number of carbonyl (C=O) groups is 1. The molecule has 1 heterocycles. The highest BCUT2D eigenvalue weighted by molar-refractivity contribution is 6.12. The van der Waals surface area contributed by atoms with Crippen LogP contribution in [0, 0.1) is 0 Å². The maximum Gasteiger partial charge on any atom is 0.260 e. The number of aryl methyl sites for hydroxylation is 1. The lowest BCUT2D eigenvalue weighted by atomic mass is 10.1. The fourth-order valence-corrected chi connectivity index (χ4v) is 2.61. The van der Waals surface area contributed by atoms with Crippen LogP contribution in [0.25, 0.3) is 10.9 Å². The molecule has 0 unspecified atom stereocenters. The van der Waals surface area contributed by atoms with E-state index in [0.29, 0.717) is 12.1 Å². The molecule has 5 heteroatoms. The zero-order chi connectivity index (χ0) is 16.8. The van der Waals surface area contributed by atoms with Crippen molar-refractivity contribution >= 4 is 22.8 Å². The first-order valence-electron chi connectivity index (χ1n) is 7.95. The molecule has 0 aliphatic heterocycles. The molecule has 4 N–H and O–H groups in total. The van der Waals surface area contributed by atoms with Crippen LogP contribution in [-0.2, 0) is 6.42 Å². The molecule has 0 saturated heterocycles. The van der Waals surface area contributed by atoms with E-state index in [2.05, 4.69) is 27.4 Å². The average molecular weight is 320 g/mol. The first-order valence-corrected chi connectivity index (χ1v) is 7.95. The molecule has 0 fully saturated rings. The number of nitrogens with zero attached hydrogens (tertiary/aromatic N) is 1. The summed E-state index contributed by atoms with van der Waals surface area (Å²) in [7, 11) is 0. The summed E-state index contributed by atoms with van der Waals surface area (Å²) in [6, 6.07) is 17.9. The quantitative estimate of drug-likeness (QED) is 0.384. The van der Waals surface area contributed by atoms with Crippen LogP contribution in [0.3, 0.4) is 0 Å². The SMILES string of the molecule is NC(=NCCCc1ccccc1)NC(=O)c1c[nH]c2ccccc12. The first-order chi connectivity index (χ1) is 11.7. The summed E-state index contributed by atoms with van der Waals surface area (Å²) in [6.45, 7) is 0.578. The van der Waals surface area contributed by atoms with E-state index in [-0.39, 0.29) is 11.9 Å². The van der Waals surface area contributed by atoms with E-state index in [4.69, 9.17) is 5.73 Å². The van der Waals surface area contributed by atoms with Crippen molar-refractivity contribution in [2.45, 2.75) is 12.8 Å². The number of carbonyl (C=O) groups excluding carboxylic acids is 1. The Morgan fingerprint density at radius 1 is 1.08 bits per heavy atom. The Balaban J connectivity index is 1.54. The van der Waals surface area contributed by atoms with Gasteiger partial charge in [-0.05, 0) is 24.5 Å². The highest BCUT2D eigenvalue weighted by Gasteiger charge is 2.12. The number of para-hydroxylation sites is 1. The number of aliphatic imine (C=N–C) groups is 1. The number of amides is 1. The third-order valence-corrected chi connectivity index (χ3v) is 3.82. The van der Waals surface area contributed by atoms with Gasteiger partial charge in [-0.2, -0.15) is 0 Å². The Morgan fingerprint density at radius 2 is 1.83 bits per heavy atom. The smallest absolute Gasteiger partial charge is 0.260 e. The monoisotopic (exact) mass is 320 g/mol. The fraction of sp³-hybridized carbons (Fsp3) is 0.158. The largest absolute Gasteiger partial charge is 0.370 e. The molecule has 1 aromatic heterocycles. The highest BCUT2D eigenvalue weighted by Crippen LogP contribution is 2.17. The van der Waals surface area contributed by atoms with Crippen molar-refractivity contribution in [3.05, 3.63) is 71.9 Å². The van der Waals surface area contributed by atoms with E-state index in [1.165, 1.54) is 5.56 Å². The van der Waals surface area contributed by atoms with E-state index < -0.39 is 0 Å². The molecule has 0 spiro atoms. The predicted molar refractivity (Wildman–Crippen MR) is 97.0 cm³/mol. The van der Waals surface area contributed by atoms with E-state index >= 15 is 0 Å². The molecule has 0 saturated carbocycles. The van der Waals surface area contributed by atoms with E-state index in [1.807, 2.05) is 42.5 Å². The number of benzene rings is 2. The van der Waals surface area contributed by atoms with Crippen molar-refractivity contribution in [1.29, 1.82) is 0 Å². The molecule has 24 heavy (non-hydrogen) atoms. The number of fused-ring (bicyclic) bond motifs is 1. The molecule has 0 aliphatic carbocycles.